The van der Waals surface area contributed by atoms with Crippen LogP contribution in [0.4, 0.5) is 0 Å². The minimum Gasteiger partial charge on any atom is -0.462 e. The van der Waals surface area contributed by atoms with E-state index >= 15 is 0 Å². The van der Waals surface area contributed by atoms with Gasteiger partial charge in [-0.2, -0.15) is 0 Å². The Kier molecular flexibility index (Phi) is 61.6. The summed E-state index contributed by atoms with van der Waals surface area (Å²) in [7, 11) is -9.92. The van der Waals surface area contributed by atoms with Crippen LogP contribution in [0.15, 0.2) is 24.3 Å². The summed E-state index contributed by atoms with van der Waals surface area (Å²) in [5.74, 6) is 0.0571. The molecule has 0 aliphatic heterocycles. The Balaban J connectivity index is 5.22. The molecule has 0 aliphatic rings. The van der Waals surface area contributed by atoms with Gasteiger partial charge in [-0.15, -0.1) is 0 Å². The number of aliphatic hydroxyl groups excluding tert-OH is 1. The molecule has 0 heterocycles. The highest BCUT2D eigenvalue weighted by Gasteiger charge is 2.30. The predicted molar refractivity (Wildman–Crippen MR) is 372 cm³/mol. The van der Waals surface area contributed by atoms with E-state index in [-0.39, 0.29) is 25.7 Å². The summed E-state index contributed by atoms with van der Waals surface area (Å²) in [5, 5.41) is 10.6. The van der Waals surface area contributed by atoms with Crippen LogP contribution >= 0.6 is 15.6 Å². The van der Waals surface area contributed by atoms with E-state index in [1.54, 1.807) is 0 Å². The van der Waals surface area contributed by atoms with Crippen molar-refractivity contribution in [3.05, 3.63) is 24.3 Å². The van der Waals surface area contributed by atoms with Gasteiger partial charge < -0.3 is 33.8 Å². The quantitative estimate of drug-likeness (QED) is 0.0169. The summed E-state index contributed by atoms with van der Waals surface area (Å²) in [6.45, 7) is 11.7. The second kappa shape index (κ2) is 63.3. The number of hydrogen-bond donors (Lipinski definition) is 3. The van der Waals surface area contributed by atoms with Crippen LogP contribution in [0.1, 0.15) is 344 Å². The van der Waals surface area contributed by atoms with Crippen LogP contribution in [-0.4, -0.2) is 96.7 Å². The number of carbonyl (C=O) groups is 4. The number of phosphoric ester groups is 2. The molecule has 92 heavy (non-hydrogen) atoms. The fraction of sp³-hybridized carbons (Fsp3) is 0.890. The van der Waals surface area contributed by atoms with E-state index in [4.69, 9.17) is 37.0 Å². The van der Waals surface area contributed by atoms with Crippen molar-refractivity contribution in [2.75, 3.05) is 39.6 Å². The maximum Gasteiger partial charge on any atom is 0.472 e. The van der Waals surface area contributed by atoms with Crippen molar-refractivity contribution in [1.82, 2.24) is 0 Å². The molecule has 17 nitrogen and oxygen atoms in total. The first kappa shape index (κ1) is 89.5. The molecule has 19 heteroatoms. The minimum atomic E-state index is -4.96. The molecule has 3 unspecified atom stereocenters. The van der Waals surface area contributed by atoms with Gasteiger partial charge in [0.05, 0.1) is 26.4 Å². The molecule has 0 radical (unpaired) electrons. The van der Waals surface area contributed by atoms with Gasteiger partial charge in [0, 0.05) is 25.7 Å². The summed E-state index contributed by atoms with van der Waals surface area (Å²) < 4.78 is 68.3. The Morgan fingerprint density at radius 1 is 0.359 bits per heavy atom. The maximum absolute atomic E-state index is 13.0. The Hall–Kier alpha value is -2.46. The second-order valence-electron chi connectivity index (χ2n) is 26.8. The summed E-state index contributed by atoms with van der Waals surface area (Å²) in [5.41, 5.74) is 0. The molecule has 0 rings (SSSR count). The summed E-state index contributed by atoms with van der Waals surface area (Å²) >= 11 is 0. The van der Waals surface area contributed by atoms with E-state index in [0.717, 1.165) is 121 Å². The standard InChI is InChI=1S/C73H138O17P2/c1-8-10-11-12-13-14-15-16-17-21-24-27-32-40-47-54-70(75)83-60-68(90-73(78)57-50-43-34-29-30-37-44-51-64(3)4)62-87-91(79,80)85-58-67(74)59-86-92(81,82)88-63-69(61-84-71(76)55-48-41-36-35-38-45-52-65(5)6)89-72(77)56-49-42-33-28-25-22-19-18-20-23-26-31-39-46-53-66(7)9-2/h14-17,64-69,74H,8-13,18-63H2,1-7H3,(H,79,80)(H,81,82)/b15-14-,17-16-/t66?,67-,68-,69-/m1/s1. The Bertz CT molecular complexity index is 1900. The smallest absolute Gasteiger partial charge is 0.462 e. The third-order valence-corrected chi connectivity index (χ3v) is 18.5. The second-order valence-corrected chi connectivity index (χ2v) is 29.7. The lowest BCUT2D eigenvalue weighted by Crippen LogP contribution is -2.30. The number of rotatable bonds is 69. The van der Waals surface area contributed by atoms with Crippen LogP contribution in [-0.2, 0) is 65.4 Å². The highest BCUT2D eigenvalue weighted by Crippen LogP contribution is 2.45. The number of allylic oxidation sites excluding steroid dienone is 4. The van der Waals surface area contributed by atoms with Gasteiger partial charge in [-0.1, -0.05) is 291 Å². The molecule has 0 saturated heterocycles. The third kappa shape index (κ3) is 64.9. The largest absolute Gasteiger partial charge is 0.472 e. The minimum absolute atomic E-state index is 0.0962. The third-order valence-electron chi connectivity index (χ3n) is 16.6. The summed E-state index contributed by atoms with van der Waals surface area (Å²) in [6, 6.07) is 0. The van der Waals surface area contributed by atoms with Gasteiger partial charge in [0.1, 0.15) is 19.3 Å². The van der Waals surface area contributed by atoms with Crippen molar-refractivity contribution in [2.45, 2.75) is 362 Å². The van der Waals surface area contributed by atoms with E-state index in [2.05, 4.69) is 72.8 Å². The van der Waals surface area contributed by atoms with Gasteiger partial charge in [-0.25, -0.2) is 9.13 Å². The molecule has 0 fully saturated rings. The van der Waals surface area contributed by atoms with Crippen LogP contribution in [0.5, 0.6) is 0 Å². The molecule has 0 aromatic rings. The van der Waals surface area contributed by atoms with E-state index < -0.39 is 97.5 Å². The van der Waals surface area contributed by atoms with Gasteiger partial charge in [0.2, 0.25) is 0 Å². The molecular weight excluding hydrogens is 1210 g/mol. The molecule has 0 bridgehead atoms. The molecule has 0 aromatic carbocycles. The zero-order valence-electron chi connectivity index (χ0n) is 59.5. The van der Waals surface area contributed by atoms with E-state index in [1.165, 1.54) is 128 Å². The average molecular weight is 1350 g/mol. The van der Waals surface area contributed by atoms with Gasteiger partial charge in [0.25, 0.3) is 0 Å². The van der Waals surface area contributed by atoms with Crippen LogP contribution in [0.25, 0.3) is 0 Å². The molecule has 0 spiro atoms. The van der Waals surface area contributed by atoms with E-state index in [0.29, 0.717) is 37.5 Å². The lowest BCUT2D eigenvalue weighted by atomic mass is 9.99. The number of unbranched alkanes of at least 4 members (excludes halogenated alkanes) is 33. The number of hydrogen-bond acceptors (Lipinski definition) is 15. The van der Waals surface area contributed by atoms with Crippen molar-refractivity contribution in [2.24, 2.45) is 17.8 Å². The van der Waals surface area contributed by atoms with Crippen molar-refractivity contribution in [3.63, 3.8) is 0 Å². The maximum atomic E-state index is 13.0. The van der Waals surface area contributed by atoms with Crippen molar-refractivity contribution < 1.29 is 80.2 Å². The SMILES string of the molecule is CCCCCC/C=C\C=C/CCCCCCCC(=O)OC[C@H](COP(=O)(O)OC[C@@H](O)COP(=O)(O)OC[C@@H](COC(=O)CCCCCCCCC(C)C)OC(=O)CCCCCCCCCCCCCCCCC(C)CC)OC(=O)CCCCCCCCCC(C)C. The Morgan fingerprint density at radius 2 is 0.641 bits per heavy atom. The zero-order chi connectivity index (χ0) is 68.0. The van der Waals surface area contributed by atoms with Crippen LogP contribution in [0.3, 0.4) is 0 Å². The van der Waals surface area contributed by atoms with Crippen molar-refractivity contribution in [3.8, 4) is 0 Å². The molecule has 0 amide bonds. The predicted octanol–water partition coefficient (Wildman–Crippen LogP) is 20.6. The Labute approximate surface area is 561 Å². The highest BCUT2D eigenvalue weighted by molar-refractivity contribution is 7.47. The Morgan fingerprint density at radius 3 is 0.967 bits per heavy atom. The fourth-order valence-corrected chi connectivity index (χ4v) is 12.1. The zero-order valence-corrected chi connectivity index (χ0v) is 61.3. The first-order valence-corrected chi connectivity index (χ1v) is 40.2. The van der Waals surface area contributed by atoms with E-state index in [1.807, 2.05) is 0 Å². The molecular formula is C73H138O17P2. The number of carbonyl (C=O) groups excluding carboxylic acids is 4. The van der Waals surface area contributed by atoms with Gasteiger partial charge >= 0.3 is 39.5 Å². The number of phosphoric acid groups is 2. The first-order valence-electron chi connectivity index (χ1n) is 37.2. The lowest BCUT2D eigenvalue weighted by molar-refractivity contribution is -0.161. The lowest BCUT2D eigenvalue weighted by Gasteiger charge is -2.21. The number of aliphatic hydroxyl groups is 1. The first-order chi connectivity index (χ1) is 44.3. The van der Waals surface area contributed by atoms with Crippen molar-refractivity contribution >= 4 is 39.5 Å². The van der Waals surface area contributed by atoms with Crippen LogP contribution in [0.2, 0.25) is 0 Å². The van der Waals surface area contributed by atoms with Crippen molar-refractivity contribution in [1.29, 1.82) is 0 Å². The molecule has 3 N–H and O–H groups in total. The summed E-state index contributed by atoms with van der Waals surface area (Å²) in [6.07, 6.45) is 51.0. The molecule has 0 saturated carbocycles. The van der Waals surface area contributed by atoms with Gasteiger partial charge in [0.15, 0.2) is 12.2 Å². The molecule has 0 aromatic heterocycles. The number of ether oxygens (including phenoxy) is 4. The molecule has 0 aliphatic carbocycles. The van der Waals surface area contributed by atoms with Gasteiger partial charge in [-0.05, 0) is 69.1 Å². The normalized spacial score (nSPS) is 14.6. The monoisotopic (exact) mass is 1350 g/mol. The van der Waals surface area contributed by atoms with Crippen LogP contribution in [0, 0.1) is 17.8 Å². The topological polar surface area (TPSA) is 237 Å². The molecule has 6 atom stereocenters. The van der Waals surface area contributed by atoms with E-state index in [9.17, 15) is 43.2 Å². The average Bonchev–Trinajstić information content (AvgIpc) is 3.27. The fourth-order valence-electron chi connectivity index (χ4n) is 10.5. The molecule has 542 valence electrons. The highest BCUT2D eigenvalue weighted by atomic mass is 31.2. The van der Waals surface area contributed by atoms with Crippen LogP contribution < -0.4 is 0 Å². The number of esters is 4. The van der Waals surface area contributed by atoms with Gasteiger partial charge in [-0.3, -0.25) is 37.3 Å². The summed E-state index contributed by atoms with van der Waals surface area (Å²) in [4.78, 5) is 72.6.